The summed E-state index contributed by atoms with van der Waals surface area (Å²) in [5.74, 6) is -1.69. The van der Waals surface area contributed by atoms with Crippen LogP contribution in [0.1, 0.15) is 12.8 Å². The standard InChI is InChI=1S/C8H13NO5.ClH/c9-8(6(12)13)3-1-4(10)7(14,2-3)5(8)11;/h3-5,10-11,14H,1-2,9H2,(H,12,13);1H/t3-,4-,5+,7-,8-;/m0./s1. The Morgan fingerprint density at radius 3 is 2.27 bits per heavy atom. The topological polar surface area (TPSA) is 126 Å². The van der Waals surface area contributed by atoms with E-state index in [9.17, 15) is 20.1 Å². The maximum absolute atomic E-state index is 11.0. The van der Waals surface area contributed by atoms with Gasteiger partial charge in [-0.1, -0.05) is 0 Å². The van der Waals surface area contributed by atoms with Crippen molar-refractivity contribution in [1.82, 2.24) is 0 Å². The molecule has 0 radical (unpaired) electrons. The van der Waals surface area contributed by atoms with Crippen molar-refractivity contribution in [2.75, 3.05) is 0 Å². The molecule has 0 spiro atoms. The zero-order valence-electron chi connectivity index (χ0n) is 7.93. The highest BCUT2D eigenvalue weighted by Crippen LogP contribution is 2.51. The summed E-state index contributed by atoms with van der Waals surface area (Å²) in [4.78, 5) is 11.0. The van der Waals surface area contributed by atoms with Gasteiger partial charge < -0.3 is 38.6 Å². The van der Waals surface area contributed by atoms with E-state index >= 15 is 0 Å². The van der Waals surface area contributed by atoms with Gasteiger partial charge >= 0.3 is 5.97 Å². The molecular weight excluding hydrogens is 226 g/mol. The van der Waals surface area contributed by atoms with Gasteiger partial charge in [0, 0.05) is 5.92 Å². The lowest BCUT2D eigenvalue weighted by Gasteiger charge is -2.37. The summed E-state index contributed by atoms with van der Waals surface area (Å²) in [6.07, 6.45) is -2.26. The Morgan fingerprint density at radius 1 is 1.40 bits per heavy atom. The molecule has 88 valence electrons. The first-order chi connectivity index (χ1) is 6.33. The maximum atomic E-state index is 11.0. The van der Waals surface area contributed by atoms with Crippen molar-refractivity contribution in [2.45, 2.75) is 36.2 Å². The van der Waals surface area contributed by atoms with Crippen LogP contribution < -0.4 is 18.1 Å². The third-order valence-electron chi connectivity index (χ3n) is 3.75. The molecule has 5 atom stereocenters. The molecule has 0 heterocycles. The summed E-state index contributed by atoms with van der Waals surface area (Å²) in [5, 5.41) is 37.9. The molecule has 2 saturated carbocycles. The minimum absolute atomic E-state index is 0. The van der Waals surface area contributed by atoms with Crippen molar-refractivity contribution in [3.05, 3.63) is 0 Å². The van der Waals surface area contributed by atoms with Crippen LogP contribution in [0.2, 0.25) is 0 Å². The highest BCUT2D eigenvalue weighted by molar-refractivity contribution is 5.79. The van der Waals surface area contributed by atoms with Crippen molar-refractivity contribution in [3.8, 4) is 0 Å². The summed E-state index contributed by atoms with van der Waals surface area (Å²) in [6.45, 7) is 0. The van der Waals surface area contributed by atoms with E-state index < -0.39 is 35.2 Å². The second-order valence-corrected chi connectivity index (χ2v) is 4.39. The fourth-order valence-corrected chi connectivity index (χ4v) is 2.73. The largest absolute Gasteiger partial charge is 1.00 e. The van der Waals surface area contributed by atoms with Gasteiger partial charge in [-0.2, -0.15) is 0 Å². The molecule has 0 aliphatic heterocycles. The first-order valence-electron chi connectivity index (χ1n) is 4.50. The Bertz CT molecular complexity index is 301. The summed E-state index contributed by atoms with van der Waals surface area (Å²) in [5.41, 5.74) is 0.226. The molecule has 7 heteroatoms. The van der Waals surface area contributed by atoms with E-state index in [-0.39, 0.29) is 25.2 Å². The third kappa shape index (κ3) is 1.23. The number of carboxylic acids is 1. The number of halogens is 1. The van der Waals surface area contributed by atoms with Gasteiger partial charge in [0.2, 0.25) is 5.54 Å². The highest BCUT2D eigenvalue weighted by atomic mass is 35.5. The van der Waals surface area contributed by atoms with Crippen LogP contribution in [0.25, 0.3) is 0 Å². The van der Waals surface area contributed by atoms with Crippen molar-refractivity contribution >= 4 is 5.97 Å². The van der Waals surface area contributed by atoms with E-state index in [0.717, 1.165) is 0 Å². The summed E-state index contributed by atoms with van der Waals surface area (Å²) < 4.78 is 0. The van der Waals surface area contributed by atoms with E-state index in [1.54, 1.807) is 0 Å². The fraction of sp³-hybridized carbons (Fsp3) is 0.875. The summed E-state index contributed by atoms with van der Waals surface area (Å²) in [6, 6.07) is 0. The number of aliphatic carboxylic acids is 1. The SMILES string of the molecule is [Cl-].[NH3+][C@@]1(C(=O)O)[C@H]2C[C@H](O)[C@@](O)(C2)[C@H]1O. The van der Waals surface area contributed by atoms with Crippen LogP contribution in [0.5, 0.6) is 0 Å². The molecule has 15 heavy (non-hydrogen) atoms. The second kappa shape index (κ2) is 3.29. The summed E-state index contributed by atoms with van der Waals surface area (Å²) in [7, 11) is 0. The maximum Gasteiger partial charge on any atom is 0.368 e. The van der Waals surface area contributed by atoms with Crippen LogP contribution in [-0.4, -0.2) is 49.7 Å². The van der Waals surface area contributed by atoms with Gasteiger partial charge in [0.25, 0.3) is 0 Å². The molecule has 7 N–H and O–H groups in total. The number of carbonyl (C=O) groups is 1. The molecule has 2 aliphatic carbocycles. The lowest BCUT2D eigenvalue weighted by atomic mass is 9.77. The third-order valence-corrected chi connectivity index (χ3v) is 3.75. The van der Waals surface area contributed by atoms with E-state index in [1.807, 2.05) is 0 Å². The van der Waals surface area contributed by atoms with Crippen LogP contribution in [-0.2, 0) is 4.79 Å². The van der Waals surface area contributed by atoms with Crippen molar-refractivity contribution < 1.29 is 43.4 Å². The van der Waals surface area contributed by atoms with Crippen molar-refractivity contribution in [2.24, 2.45) is 5.92 Å². The molecule has 2 fully saturated rings. The molecule has 2 bridgehead atoms. The Hall–Kier alpha value is -0.400. The molecule has 0 amide bonds. The molecule has 0 saturated heterocycles. The minimum Gasteiger partial charge on any atom is -1.00 e. The zero-order valence-corrected chi connectivity index (χ0v) is 8.68. The normalized spacial score (nSPS) is 52.7. The average molecular weight is 240 g/mol. The Kier molecular flexibility index (Phi) is 2.78. The Labute approximate surface area is 92.1 Å². The van der Waals surface area contributed by atoms with Crippen LogP contribution in [0.3, 0.4) is 0 Å². The number of hydrogen-bond donors (Lipinski definition) is 5. The fourth-order valence-electron chi connectivity index (χ4n) is 2.73. The number of aliphatic hydroxyl groups excluding tert-OH is 2. The molecule has 6 nitrogen and oxygen atoms in total. The van der Waals surface area contributed by atoms with Gasteiger partial charge in [-0.05, 0) is 12.8 Å². The number of fused-ring (bicyclic) bond motifs is 2. The lowest BCUT2D eigenvalue weighted by Crippen LogP contribution is -3.00. The molecule has 2 aliphatic rings. The van der Waals surface area contributed by atoms with Gasteiger partial charge in [-0.25, -0.2) is 4.79 Å². The van der Waals surface area contributed by atoms with Crippen LogP contribution in [0.4, 0.5) is 0 Å². The molecule has 2 rings (SSSR count). The predicted molar refractivity (Wildman–Crippen MR) is 42.9 cm³/mol. The molecular formula is C8H14ClNO5. The Balaban J connectivity index is 0.00000112. The number of carboxylic acid groups (broad SMARTS) is 1. The quantitative estimate of drug-likeness (QED) is 0.311. The van der Waals surface area contributed by atoms with E-state index in [1.165, 1.54) is 0 Å². The predicted octanol–water partition coefficient (Wildman–Crippen LogP) is -6.07. The minimum atomic E-state index is -1.69. The van der Waals surface area contributed by atoms with Gasteiger partial charge in [0.1, 0.15) is 5.60 Å². The van der Waals surface area contributed by atoms with E-state index in [0.29, 0.717) is 0 Å². The number of quaternary nitrogens is 1. The smallest absolute Gasteiger partial charge is 0.368 e. The lowest BCUT2D eigenvalue weighted by molar-refractivity contribution is -0.495. The van der Waals surface area contributed by atoms with E-state index in [4.69, 9.17) is 5.11 Å². The van der Waals surface area contributed by atoms with Gasteiger partial charge in [0.05, 0.1) is 6.10 Å². The second-order valence-electron chi connectivity index (χ2n) is 4.39. The molecule has 0 aromatic carbocycles. The van der Waals surface area contributed by atoms with E-state index in [2.05, 4.69) is 5.73 Å². The monoisotopic (exact) mass is 239 g/mol. The molecule has 0 unspecified atom stereocenters. The van der Waals surface area contributed by atoms with Crippen molar-refractivity contribution in [1.29, 1.82) is 0 Å². The van der Waals surface area contributed by atoms with Gasteiger partial charge in [-0.3, -0.25) is 0 Å². The first-order valence-corrected chi connectivity index (χ1v) is 4.50. The van der Waals surface area contributed by atoms with Crippen LogP contribution in [0, 0.1) is 5.92 Å². The molecule has 0 aromatic heterocycles. The number of hydrogen-bond acceptors (Lipinski definition) is 4. The average Bonchev–Trinajstić information content (AvgIpc) is 2.48. The van der Waals surface area contributed by atoms with Crippen LogP contribution in [0.15, 0.2) is 0 Å². The van der Waals surface area contributed by atoms with Gasteiger partial charge in [0.15, 0.2) is 6.10 Å². The first kappa shape index (κ1) is 12.7. The molecule has 0 aromatic rings. The number of rotatable bonds is 1. The van der Waals surface area contributed by atoms with Crippen molar-refractivity contribution in [3.63, 3.8) is 0 Å². The van der Waals surface area contributed by atoms with Crippen LogP contribution >= 0.6 is 0 Å². The Morgan fingerprint density at radius 2 is 1.93 bits per heavy atom. The zero-order chi connectivity index (χ0) is 10.7. The highest BCUT2D eigenvalue weighted by Gasteiger charge is 2.73. The number of aliphatic hydroxyl groups is 3. The summed E-state index contributed by atoms with van der Waals surface area (Å²) >= 11 is 0. The van der Waals surface area contributed by atoms with Gasteiger partial charge in [-0.15, -0.1) is 0 Å².